The molecule has 0 saturated heterocycles. The smallest absolute Gasteiger partial charge is 0.261 e. The zero-order valence-electron chi connectivity index (χ0n) is 14.6. The van der Waals surface area contributed by atoms with E-state index in [1.54, 1.807) is 7.05 Å². The first-order chi connectivity index (χ1) is 12.9. The number of rotatable bonds is 3. The number of anilines is 2. The first kappa shape index (κ1) is 17.8. The highest BCUT2D eigenvalue weighted by molar-refractivity contribution is 6.31. The fourth-order valence-electron chi connectivity index (χ4n) is 4.20. The number of carbonyl (C=O) groups excluding carboxylic acids is 1. The Morgan fingerprint density at radius 2 is 2.26 bits per heavy atom. The van der Waals surface area contributed by atoms with Crippen molar-refractivity contribution in [1.82, 2.24) is 9.78 Å². The minimum atomic E-state index is -0.556. The average molecular weight is 392 g/mol. The minimum absolute atomic E-state index is 0.0697. The van der Waals surface area contributed by atoms with Gasteiger partial charge < -0.3 is 16.3 Å². The van der Waals surface area contributed by atoms with Gasteiger partial charge in [0.15, 0.2) is 0 Å². The normalized spacial score (nSPS) is 25.3. The minimum Gasteiger partial charge on any atom is -0.411 e. The number of benzene rings is 1. The molecule has 2 fully saturated rings. The Bertz CT molecular complexity index is 957. The molecule has 2 saturated carbocycles. The van der Waals surface area contributed by atoms with E-state index in [-0.39, 0.29) is 22.7 Å². The third-order valence-corrected chi connectivity index (χ3v) is 5.92. The summed E-state index contributed by atoms with van der Waals surface area (Å²) in [7, 11) is 1.69. The number of aryl methyl sites for hydroxylation is 1. The van der Waals surface area contributed by atoms with Crippen molar-refractivity contribution in [2.24, 2.45) is 24.0 Å². The third kappa shape index (κ3) is 2.93. The van der Waals surface area contributed by atoms with Crippen molar-refractivity contribution in [1.29, 1.82) is 0 Å². The van der Waals surface area contributed by atoms with Crippen LogP contribution in [-0.4, -0.2) is 26.6 Å². The number of nitrogen functional groups attached to an aromatic ring is 1. The van der Waals surface area contributed by atoms with Gasteiger partial charge in [-0.1, -0.05) is 16.8 Å². The Hall–Kier alpha value is -2.61. The molecule has 9 heteroatoms. The molecule has 2 aromatic rings. The summed E-state index contributed by atoms with van der Waals surface area (Å²) in [5, 5.41) is 19.5. The van der Waals surface area contributed by atoms with Crippen molar-refractivity contribution in [2.75, 3.05) is 11.1 Å². The predicted octanol–water partition coefficient (Wildman–Crippen LogP) is 3.39. The lowest BCUT2D eigenvalue weighted by molar-refractivity contribution is 0.102. The maximum absolute atomic E-state index is 13.3. The lowest BCUT2D eigenvalue weighted by Gasteiger charge is -2.30. The van der Waals surface area contributed by atoms with E-state index in [1.807, 2.05) is 0 Å². The third-order valence-electron chi connectivity index (χ3n) is 5.63. The molecule has 1 heterocycles. The van der Waals surface area contributed by atoms with E-state index in [2.05, 4.69) is 15.6 Å². The van der Waals surface area contributed by atoms with Crippen LogP contribution < -0.4 is 11.1 Å². The van der Waals surface area contributed by atoms with Crippen LogP contribution in [-0.2, 0) is 7.05 Å². The Morgan fingerprint density at radius 1 is 1.48 bits per heavy atom. The van der Waals surface area contributed by atoms with E-state index in [9.17, 15) is 9.18 Å². The molecule has 0 aliphatic heterocycles. The summed E-state index contributed by atoms with van der Waals surface area (Å²) in [6, 6.07) is 3.97. The van der Waals surface area contributed by atoms with Crippen molar-refractivity contribution < 1.29 is 14.4 Å². The van der Waals surface area contributed by atoms with Gasteiger partial charge in [0.1, 0.15) is 17.2 Å². The van der Waals surface area contributed by atoms with Crippen molar-refractivity contribution in [3.8, 4) is 0 Å². The highest BCUT2D eigenvalue weighted by Crippen LogP contribution is 2.52. The monoisotopic (exact) mass is 391 g/mol. The summed E-state index contributed by atoms with van der Waals surface area (Å²) in [6.07, 6.45) is 2.45. The second kappa shape index (κ2) is 6.53. The lowest BCUT2D eigenvalue weighted by atomic mass is 9.74. The van der Waals surface area contributed by atoms with Gasteiger partial charge in [0, 0.05) is 24.6 Å². The Labute approximate surface area is 160 Å². The van der Waals surface area contributed by atoms with Crippen LogP contribution in [0.5, 0.6) is 0 Å². The highest BCUT2D eigenvalue weighted by Gasteiger charge is 2.47. The van der Waals surface area contributed by atoms with E-state index >= 15 is 0 Å². The van der Waals surface area contributed by atoms with Gasteiger partial charge in [0.05, 0.1) is 16.4 Å². The summed E-state index contributed by atoms with van der Waals surface area (Å²) in [6.45, 7) is 0. The fraction of sp³-hybridized carbons (Fsp3) is 0.389. The molecule has 4 rings (SSSR count). The SMILES string of the molecule is Cn1nc(C2CC3C/C(=N\O)C3C2)c(C(=O)Nc2ccc(F)c(Cl)c2)c1N. The van der Waals surface area contributed by atoms with Gasteiger partial charge in [0.25, 0.3) is 5.91 Å². The Balaban J connectivity index is 1.61. The quantitative estimate of drug-likeness (QED) is 0.550. The van der Waals surface area contributed by atoms with Crippen LogP contribution in [0.25, 0.3) is 0 Å². The molecule has 2 aliphatic rings. The number of nitrogens with zero attached hydrogens (tertiary/aromatic N) is 3. The maximum atomic E-state index is 13.3. The fourth-order valence-corrected chi connectivity index (χ4v) is 4.38. The standard InChI is InChI=1S/C18H19ClFN5O2/c1-25-17(21)15(18(26)22-10-2-3-13(20)12(19)7-10)16(23-25)9-4-8-6-14(24-27)11(8)5-9/h2-3,7-9,11,27H,4-6,21H2,1H3,(H,22,26)/b24-14+. The van der Waals surface area contributed by atoms with Crippen molar-refractivity contribution in [3.63, 3.8) is 0 Å². The molecule has 1 amide bonds. The average Bonchev–Trinajstić information content (AvgIpc) is 3.10. The molecular weight excluding hydrogens is 373 g/mol. The first-order valence-corrected chi connectivity index (χ1v) is 9.06. The van der Waals surface area contributed by atoms with E-state index in [1.165, 1.54) is 22.9 Å². The summed E-state index contributed by atoms with van der Waals surface area (Å²) < 4.78 is 14.8. The zero-order valence-corrected chi connectivity index (χ0v) is 15.4. The molecule has 1 aromatic heterocycles. The van der Waals surface area contributed by atoms with Crippen molar-refractivity contribution in [2.45, 2.75) is 25.2 Å². The number of nitrogens with two attached hydrogens (primary N) is 1. The lowest BCUT2D eigenvalue weighted by Crippen LogP contribution is -2.32. The molecule has 1 aromatic carbocycles. The molecular formula is C18H19ClFN5O2. The number of fused-ring (bicyclic) bond motifs is 1. The maximum Gasteiger partial charge on any atom is 0.261 e. The van der Waals surface area contributed by atoms with Crippen LogP contribution in [0, 0.1) is 17.7 Å². The number of nitrogens with one attached hydrogen (secondary N) is 1. The number of oxime groups is 1. The number of halogens is 2. The Morgan fingerprint density at radius 3 is 2.96 bits per heavy atom. The van der Waals surface area contributed by atoms with Gasteiger partial charge in [-0.3, -0.25) is 9.48 Å². The predicted molar refractivity (Wildman–Crippen MR) is 99.8 cm³/mol. The summed E-state index contributed by atoms with van der Waals surface area (Å²) in [5.41, 5.74) is 8.27. The highest BCUT2D eigenvalue weighted by atomic mass is 35.5. The van der Waals surface area contributed by atoms with E-state index < -0.39 is 11.7 Å². The molecule has 0 bridgehead atoms. The molecule has 0 radical (unpaired) electrons. The molecule has 0 spiro atoms. The second-order valence-electron chi connectivity index (χ2n) is 7.18. The van der Waals surface area contributed by atoms with E-state index in [4.69, 9.17) is 22.5 Å². The number of hydrogen-bond acceptors (Lipinski definition) is 5. The molecule has 3 unspecified atom stereocenters. The molecule has 3 atom stereocenters. The number of hydrogen-bond donors (Lipinski definition) is 3. The van der Waals surface area contributed by atoms with Gasteiger partial charge in [-0.15, -0.1) is 0 Å². The van der Waals surface area contributed by atoms with Crippen LogP contribution in [0.2, 0.25) is 5.02 Å². The molecule has 7 nitrogen and oxygen atoms in total. The molecule has 27 heavy (non-hydrogen) atoms. The topological polar surface area (TPSA) is 106 Å². The number of carbonyl (C=O) groups is 1. The summed E-state index contributed by atoms with van der Waals surface area (Å²) in [4.78, 5) is 12.9. The zero-order chi connectivity index (χ0) is 19.3. The largest absolute Gasteiger partial charge is 0.411 e. The van der Waals surface area contributed by atoms with Crippen LogP contribution in [0.1, 0.15) is 41.2 Å². The number of amides is 1. The van der Waals surface area contributed by atoms with Gasteiger partial charge >= 0.3 is 0 Å². The van der Waals surface area contributed by atoms with Gasteiger partial charge in [-0.05, 0) is 43.4 Å². The van der Waals surface area contributed by atoms with Gasteiger partial charge in [-0.2, -0.15) is 5.10 Å². The molecule has 142 valence electrons. The Kier molecular flexibility index (Phi) is 4.30. The van der Waals surface area contributed by atoms with Crippen LogP contribution in [0.3, 0.4) is 0 Å². The molecule has 2 aliphatic carbocycles. The van der Waals surface area contributed by atoms with Crippen molar-refractivity contribution in [3.05, 3.63) is 40.3 Å². The van der Waals surface area contributed by atoms with Crippen LogP contribution in [0.15, 0.2) is 23.4 Å². The molecule has 4 N–H and O–H groups in total. The van der Waals surface area contributed by atoms with Crippen molar-refractivity contribution >= 4 is 34.7 Å². The van der Waals surface area contributed by atoms with Crippen LogP contribution >= 0.6 is 11.6 Å². The first-order valence-electron chi connectivity index (χ1n) is 8.68. The van der Waals surface area contributed by atoms with Gasteiger partial charge in [0.2, 0.25) is 0 Å². The summed E-state index contributed by atoms with van der Waals surface area (Å²) in [5.74, 6) is 0.0740. The van der Waals surface area contributed by atoms with Crippen LogP contribution in [0.4, 0.5) is 15.9 Å². The van der Waals surface area contributed by atoms with Gasteiger partial charge in [-0.25, -0.2) is 4.39 Å². The van der Waals surface area contributed by atoms with E-state index in [0.29, 0.717) is 22.9 Å². The summed E-state index contributed by atoms with van der Waals surface area (Å²) >= 11 is 5.78. The van der Waals surface area contributed by atoms with E-state index in [0.717, 1.165) is 25.0 Å². The number of aromatic nitrogens is 2. The second-order valence-corrected chi connectivity index (χ2v) is 7.59.